The molecule has 0 unspecified atom stereocenters. The van der Waals surface area contributed by atoms with E-state index in [1.807, 2.05) is 0 Å². The molecule has 0 bridgehead atoms. The molecule has 0 fully saturated rings. The van der Waals surface area contributed by atoms with Crippen molar-refractivity contribution >= 4 is 0 Å². The summed E-state index contributed by atoms with van der Waals surface area (Å²) < 4.78 is 55.0. The van der Waals surface area contributed by atoms with Crippen molar-refractivity contribution < 1.29 is 27.8 Å². The first-order valence-corrected chi connectivity index (χ1v) is 7.29. The molecule has 3 aromatic rings. The molecular weight excluding hydrogens is 336 g/mol. The van der Waals surface area contributed by atoms with Crippen LogP contribution in [0.5, 0.6) is 11.5 Å². The fourth-order valence-corrected chi connectivity index (χ4v) is 2.69. The van der Waals surface area contributed by atoms with Gasteiger partial charge in [-0.25, -0.2) is 17.6 Å². The standard InChI is InChI=1S/C19H12F4O2/c20-15-9-14(17(21)19(23)18(15)22)16(10-1-5-12(24)6-2-10)11-3-7-13(25)8-4-11/h1-9,16,24-25H. The van der Waals surface area contributed by atoms with Crippen LogP contribution in [0.3, 0.4) is 0 Å². The van der Waals surface area contributed by atoms with Gasteiger partial charge in [0.05, 0.1) is 0 Å². The molecule has 128 valence electrons. The van der Waals surface area contributed by atoms with E-state index in [0.29, 0.717) is 17.2 Å². The summed E-state index contributed by atoms with van der Waals surface area (Å²) in [6.07, 6.45) is 0. The van der Waals surface area contributed by atoms with Crippen LogP contribution >= 0.6 is 0 Å². The van der Waals surface area contributed by atoms with Gasteiger partial charge >= 0.3 is 0 Å². The number of phenolic OH excluding ortho intramolecular Hbond substituents is 2. The van der Waals surface area contributed by atoms with Gasteiger partial charge in [0, 0.05) is 11.5 Å². The zero-order valence-corrected chi connectivity index (χ0v) is 12.7. The molecule has 0 aliphatic carbocycles. The van der Waals surface area contributed by atoms with E-state index < -0.39 is 34.8 Å². The van der Waals surface area contributed by atoms with Crippen molar-refractivity contribution in [3.63, 3.8) is 0 Å². The Morgan fingerprint density at radius 1 is 0.600 bits per heavy atom. The molecule has 3 aromatic carbocycles. The summed E-state index contributed by atoms with van der Waals surface area (Å²) in [5, 5.41) is 18.8. The van der Waals surface area contributed by atoms with Crippen LogP contribution in [-0.2, 0) is 0 Å². The molecule has 0 spiro atoms. The second kappa shape index (κ2) is 6.47. The number of aromatic hydroxyl groups is 2. The average molecular weight is 348 g/mol. The lowest BCUT2D eigenvalue weighted by Gasteiger charge is -2.20. The summed E-state index contributed by atoms with van der Waals surface area (Å²) in [5.74, 6) is -7.81. The van der Waals surface area contributed by atoms with Crippen LogP contribution in [0.1, 0.15) is 22.6 Å². The first-order valence-electron chi connectivity index (χ1n) is 7.29. The average Bonchev–Trinajstić information content (AvgIpc) is 2.61. The van der Waals surface area contributed by atoms with Crippen molar-refractivity contribution in [1.29, 1.82) is 0 Å². The van der Waals surface area contributed by atoms with Crippen molar-refractivity contribution in [3.05, 3.63) is 94.6 Å². The number of hydrogen-bond donors (Lipinski definition) is 2. The van der Waals surface area contributed by atoms with Gasteiger partial charge in [0.15, 0.2) is 23.3 Å². The van der Waals surface area contributed by atoms with Crippen LogP contribution in [0, 0.1) is 23.3 Å². The van der Waals surface area contributed by atoms with Crippen LogP contribution in [0.2, 0.25) is 0 Å². The van der Waals surface area contributed by atoms with E-state index in [9.17, 15) is 27.8 Å². The van der Waals surface area contributed by atoms with Crippen LogP contribution in [-0.4, -0.2) is 10.2 Å². The molecule has 6 heteroatoms. The van der Waals surface area contributed by atoms with E-state index in [0.717, 1.165) is 0 Å². The third-order valence-electron chi connectivity index (χ3n) is 3.89. The second-order valence-electron chi connectivity index (χ2n) is 5.51. The molecular formula is C19H12F4O2. The maximum Gasteiger partial charge on any atom is 0.197 e. The van der Waals surface area contributed by atoms with E-state index in [-0.39, 0.29) is 11.5 Å². The van der Waals surface area contributed by atoms with E-state index in [1.165, 1.54) is 48.5 Å². The zero-order valence-electron chi connectivity index (χ0n) is 12.7. The molecule has 0 atom stereocenters. The molecule has 0 radical (unpaired) electrons. The smallest absolute Gasteiger partial charge is 0.197 e. The molecule has 2 N–H and O–H groups in total. The van der Waals surface area contributed by atoms with E-state index in [2.05, 4.69) is 0 Å². The molecule has 0 amide bonds. The number of hydrogen-bond acceptors (Lipinski definition) is 2. The lowest BCUT2D eigenvalue weighted by atomic mass is 9.84. The van der Waals surface area contributed by atoms with Gasteiger partial charge in [-0.1, -0.05) is 24.3 Å². The molecule has 2 nitrogen and oxygen atoms in total. The summed E-state index contributed by atoms with van der Waals surface area (Å²) in [4.78, 5) is 0. The van der Waals surface area contributed by atoms with Crippen molar-refractivity contribution in [2.75, 3.05) is 0 Å². The lowest BCUT2D eigenvalue weighted by Crippen LogP contribution is -2.10. The van der Waals surface area contributed by atoms with E-state index in [1.54, 1.807) is 0 Å². The fraction of sp³-hybridized carbons (Fsp3) is 0.0526. The second-order valence-corrected chi connectivity index (χ2v) is 5.51. The molecule has 0 aliphatic rings. The van der Waals surface area contributed by atoms with Crippen LogP contribution in [0.4, 0.5) is 17.6 Å². The minimum atomic E-state index is -1.89. The third kappa shape index (κ3) is 3.15. The van der Waals surface area contributed by atoms with Crippen LogP contribution in [0.15, 0.2) is 54.6 Å². The van der Waals surface area contributed by atoms with Gasteiger partial charge in [-0.3, -0.25) is 0 Å². The Labute approximate surface area is 140 Å². The van der Waals surface area contributed by atoms with E-state index >= 15 is 0 Å². The maximum atomic E-state index is 14.3. The molecule has 0 aromatic heterocycles. The minimum absolute atomic E-state index is 0.0369. The Bertz CT molecular complexity index is 861. The molecule has 0 aliphatic heterocycles. The first-order chi connectivity index (χ1) is 11.9. The quantitative estimate of drug-likeness (QED) is 0.308. The molecule has 25 heavy (non-hydrogen) atoms. The van der Waals surface area contributed by atoms with Gasteiger partial charge in [-0.05, 0) is 41.5 Å². The van der Waals surface area contributed by atoms with Gasteiger partial charge in [0.2, 0.25) is 0 Å². The molecule has 0 saturated carbocycles. The predicted molar refractivity (Wildman–Crippen MR) is 83.4 cm³/mol. The Balaban J connectivity index is 2.25. The Hall–Kier alpha value is -3.02. The number of rotatable bonds is 3. The maximum absolute atomic E-state index is 14.3. The van der Waals surface area contributed by atoms with Crippen molar-refractivity contribution in [2.24, 2.45) is 0 Å². The summed E-state index contributed by atoms with van der Waals surface area (Å²) in [7, 11) is 0. The summed E-state index contributed by atoms with van der Waals surface area (Å²) >= 11 is 0. The van der Waals surface area contributed by atoms with E-state index in [4.69, 9.17) is 0 Å². The highest BCUT2D eigenvalue weighted by Crippen LogP contribution is 2.36. The summed E-state index contributed by atoms with van der Waals surface area (Å²) in [6.45, 7) is 0. The summed E-state index contributed by atoms with van der Waals surface area (Å²) in [5.41, 5.74) is 0.452. The van der Waals surface area contributed by atoms with Gasteiger partial charge in [0.1, 0.15) is 11.5 Å². The van der Waals surface area contributed by atoms with Crippen molar-refractivity contribution in [3.8, 4) is 11.5 Å². The highest BCUT2D eigenvalue weighted by atomic mass is 19.2. The number of phenols is 2. The zero-order chi connectivity index (χ0) is 18.1. The normalized spacial score (nSPS) is 11.1. The Morgan fingerprint density at radius 3 is 1.48 bits per heavy atom. The molecule has 3 rings (SSSR count). The van der Waals surface area contributed by atoms with Crippen LogP contribution in [0.25, 0.3) is 0 Å². The van der Waals surface area contributed by atoms with Crippen LogP contribution < -0.4 is 0 Å². The summed E-state index contributed by atoms with van der Waals surface area (Å²) in [6, 6.07) is 11.8. The van der Waals surface area contributed by atoms with Crippen molar-refractivity contribution in [2.45, 2.75) is 5.92 Å². The third-order valence-corrected chi connectivity index (χ3v) is 3.89. The highest BCUT2D eigenvalue weighted by molar-refractivity contribution is 5.46. The Kier molecular flexibility index (Phi) is 4.35. The van der Waals surface area contributed by atoms with Crippen molar-refractivity contribution in [1.82, 2.24) is 0 Å². The monoisotopic (exact) mass is 348 g/mol. The molecule has 0 saturated heterocycles. The fourth-order valence-electron chi connectivity index (χ4n) is 2.69. The van der Waals surface area contributed by atoms with Gasteiger partial charge in [-0.2, -0.15) is 0 Å². The Morgan fingerprint density at radius 2 is 1.04 bits per heavy atom. The first kappa shape index (κ1) is 16.8. The SMILES string of the molecule is Oc1ccc(C(c2ccc(O)cc2)c2cc(F)c(F)c(F)c2F)cc1. The highest BCUT2D eigenvalue weighted by Gasteiger charge is 2.26. The largest absolute Gasteiger partial charge is 0.508 e. The minimum Gasteiger partial charge on any atom is -0.508 e. The predicted octanol–water partition coefficient (Wildman–Crippen LogP) is 4.83. The molecule has 0 heterocycles. The van der Waals surface area contributed by atoms with Gasteiger partial charge < -0.3 is 10.2 Å². The number of halogens is 4. The lowest BCUT2D eigenvalue weighted by molar-refractivity contribution is 0.403. The van der Waals surface area contributed by atoms with Gasteiger partial charge in [0.25, 0.3) is 0 Å². The topological polar surface area (TPSA) is 40.5 Å². The van der Waals surface area contributed by atoms with Gasteiger partial charge in [-0.15, -0.1) is 0 Å². The number of benzene rings is 3.